The van der Waals surface area contributed by atoms with Crippen molar-refractivity contribution >= 4 is 37.8 Å². The molecule has 7 heteroatoms. The lowest BCUT2D eigenvalue weighted by Crippen LogP contribution is -2.43. The van der Waals surface area contributed by atoms with Crippen LogP contribution in [0.1, 0.15) is 31.7 Å². The van der Waals surface area contributed by atoms with Crippen molar-refractivity contribution in [1.82, 2.24) is 15.5 Å². The van der Waals surface area contributed by atoms with Crippen LogP contribution in [0.25, 0.3) is 0 Å². The number of carbonyl (C=O) groups is 1. The number of nitrogens with zero attached hydrogens (tertiary/aromatic N) is 1. The third-order valence-corrected chi connectivity index (χ3v) is 5.70. The highest BCUT2D eigenvalue weighted by molar-refractivity contribution is 9.11. The quantitative estimate of drug-likeness (QED) is 0.438. The Bertz CT molecular complexity index is 570. The van der Waals surface area contributed by atoms with Gasteiger partial charge in [0, 0.05) is 17.6 Å². The van der Waals surface area contributed by atoms with Crippen LogP contribution in [0.3, 0.4) is 0 Å². The van der Waals surface area contributed by atoms with Gasteiger partial charge in [0.2, 0.25) is 5.91 Å². The van der Waals surface area contributed by atoms with E-state index in [0.717, 1.165) is 53.5 Å². The van der Waals surface area contributed by atoms with Gasteiger partial charge >= 0.3 is 0 Å². The smallest absolute Gasteiger partial charge is 0.237 e. The number of hydrogen-bond donors (Lipinski definition) is 2. The van der Waals surface area contributed by atoms with Crippen molar-refractivity contribution in [2.75, 3.05) is 40.8 Å². The van der Waals surface area contributed by atoms with Crippen molar-refractivity contribution < 1.29 is 9.53 Å². The van der Waals surface area contributed by atoms with Crippen LogP contribution in [-0.4, -0.2) is 57.7 Å². The predicted molar refractivity (Wildman–Crippen MR) is 115 cm³/mol. The molecule has 26 heavy (non-hydrogen) atoms. The summed E-state index contributed by atoms with van der Waals surface area (Å²) in [5.41, 5.74) is 1.22. The van der Waals surface area contributed by atoms with E-state index in [9.17, 15) is 4.79 Å². The fraction of sp³-hybridized carbons (Fsp3) is 0.632. The molecule has 0 aliphatic carbocycles. The molecule has 0 spiro atoms. The summed E-state index contributed by atoms with van der Waals surface area (Å²) in [5, 5.41) is 6.09. The molecule has 0 aliphatic rings. The highest BCUT2D eigenvalue weighted by atomic mass is 79.9. The summed E-state index contributed by atoms with van der Waals surface area (Å²) in [6.45, 7) is 4.70. The molecule has 0 saturated carbocycles. The SMILES string of the molecule is CCCC(NC)C(=O)NCCCN(C)CCc1cc(OC)c(Br)cc1Br. The molecule has 1 atom stereocenters. The third-order valence-electron chi connectivity index (χ3n) is 4.34. The minimum atomic E-state index is -0.0811. The van der Waals surface area contributed by atoms with Gasteiger partial charge in [-0.3, -0.25) is 4.79 Å². The average molecular weight is 493 g/mol. The Kier molecular flexibility index (Phi) is 11.4. The van der Waals surface area contributed by atoms with Crippen LogP contribution in [0, 0.1) is 0 Å². The molecule has 1 rings (SSSR count). The molecular formula is C19H31Br2N3O2. The number of amides is 1. The molecule has 0 bridgehead atoms. The van der Waals surface area contributed by atoms with Crippen LogP contribution >= 0.6 is 31.9 Å². The van der Waals surface area contributed by atoms with Crippen molar-refractivity contribution in [3.05, 3.63) is 26.6 Å². The van der Waals surface area contributed by atoms with Gasteiger partial charge in [-0.05, 0) is 73.5 Å². The first-order chi connectivity index (χ1) is 12.4. The summed E-state index contributed by atoms with van der Waals surface area (Å²) < 4.78 is 7.40. The first-order valence-corrected chi connectivity index (χ1v) is 10.7. The number of halogens is 2. The maximum atomic E-state index is 12.0. The Labute approximate surface area is 174 Å². The largest absolute Gasteiger partial charge is 0.496 e. The Morgan fingerprint density at radius 2 is 2.00 bits per heavy atom. The summed E-state index contributed by atoms with van der Waals surface area (Å²) in [6, 6.07) is 4.01. The zero-order valence-corrected chi connectivity index (χ0v) is 19.4. The fourth-order valence-electron chi connectivity index (χ4n) is 2.72. The number of ether oxygens (including phenoxy) is 1. The van der Waals surface area contributed by atoms with E-state index in [-0.39, 0.29) is 11.9 Å². The lowest BCUT2D eigenvalue weighted by molar-refractivity contribution is -0.123. The molecule has 0 saturated heterocycles. The van der Waals surface area contributed by atoms with Crippen LogP contribution in [-0.2, 0) is 11.2 Å². The Hall–Kier alpha value is -0.630. The number of rotatable bonds is 12. The van der Waals surface area contributed by atoms with Crippen LogP contribution in [0.15, 0.2) is 21.1 Å². The summed E-state index contributed by atoms with van der Waals surface area (Å²) in [4.78, 5) is 14.3. The molecule has 0 fully saturated rings. The van der Waals surface area contributed by atoms with E-state index in [2.05, 4.69) is 67.4 Å². The molecule has 0 aliphatic heterocycles. The number of likely N-dealkylation sites (N-methyl/N-ethyl adjacent to an activating group) is 2. The van der Waals surface area contributed by atoms with E-state index in [0.29, 0.717) is 6.54 Å². The van der Waals surface area contributed by atoms with Gasteiger partial charge in [0.1, 0.15) is 5.75 Å². The van der Waals surface area contributed by atoms with Crippen molar-refractivity contribution in [2.24, 2.45) is 0 Å². The van der Waals surface area contributed by atoms with Crippen molar-refractivity contribution in [2.45, 2.75) is 38.6 Å². The van der Waals surface area contributed by atoms with Gasteiger partial charge in [-0.25, -0.2) is 0 Å². The number of hydrogen-bond acceptors (Lipinski definition) is 4. The molecule has 1 amide bonds. The number of carbonyl (C=O) groups excluding carboxylic acids is 1. The average Bonchev–Trinajstić information content (AvgIpc) is 2.62. The molecule has 0 aromatic heterocycles. The summed E-state index contributed by atoms with van der Waals surface area (Å²) in [5.74, 6) is 0.947. The molecule has 1 unspecified atom stereocenters. The third kappa shape index (κ3) is 7.94. The Balaban J connectivity index is 2.33. The summed E-state index contributed by atoms with van der Waals surface area (Å²) in [6.07, 6.45) is 3.74. The van der Waals surface area contributed by atoms with Gasteiger partial charge < -0.3 is 20.3 Å². The first-order valence-electron chi connectivity index (χ1n) is 9.08. The zero-order chi connectivity index (χ0) is 19.5. The Morgan fingerprint density at radius 1 is 1.27 bits per heavy atom. The van der Waals surface area contributed by atoms with Gasteiger partial charge in [0.25, 0.3) is 0 Å². The molecule has 0 heterocycles. The van der Waals surface area contributed by atoms with Gasteiger partial charge in [0.15, 0.2) is 0 Å². The highest BCUT2D eigenvalue weighted by Gasteiger charge is 2.14. The van der Waals surface area contributed by atoms with E-state index >= 15 is 0 Å². The van der Waals surface area contributed by atoms with Gasteiger partial charge in [0.05, 0.1) is 17.6 Å². The molecule has 0 radical (unpaired) electrons. The molecule has 1 aromatic rings. The number of methoxy groups -OCH3 is 1. The van der Waals surface area contributed by atoms with Crippen molar-refractivity contribution in [1.29, 1.82) is 0 Å². The van der Waals surface area contributed by atoms with Gasteiger partial charge in [-0.1, -0.05) is 29.3 Å². The van der Waals surface area contributed by atoms with Crippen LogP contribution in [0.2, 0.25) is 0 Å². The minimum Gasteiger partial charge on any atom is -0.496 e. The topological polar surface area (TPSA) is 53.6 Å². The lowest BCUT2D eigenvalue weighted by Gasteiger charge is -2.19. The zero-order valence-electron chi connectivity index (χ0n) is 16.2. The molecular weight excluding hydrogens is 462 g/mol. The van der Waals surface area contributed by atoms with Crippen molar-refractivity contribution in [3.8, 4) is 5.75 Å². The normalized spacial score (nSPS) is 12.3. The second-order valence-electron chi connectivity index (χ2n) is 6.41. The van der Waals surface area contributed by atoms with E-state index in [4.69, 9.17) is 4.74 Å². The van der Waals surface area contributed by atoms with Crippen molar-refractivity contribution in [3.63, 3.8) is 0 Å². The maximum Gasteiger partial charge on any atom is 0.237 e. The van der Waals surface area contributed by atoms with Crippen LogP contribution < -0.4 is 15.4 Å². The number of nitrogens with one attached hydrogen (secondary N) is 2. The number of benzene rings is 1. The first kappa shape index (κ1) is 23.4. The molecule has 5 nitrogen and oxygen atoms in total. The minimum absolute atomic E-state index is 0.0811. The predicted octanol–water partition coefficient (Wildman–Crippen LogP) is 3.59. The van der Waals surface area contributed by atoms with Crippen LogP contribution in [0.5, 0.6) is 5.75 Å². The lowest BCUT2D eigenvalue weighted by atomic mass is 10.1. The summed E-state index contributed by atoms with van der Waals surface area (Å²) in [7, 11) is 5.62. The highest BCUT2D eigenvalue weighted by Crippen LogP contribution is 2.31. The van der Waals surface area contributed by atoms with E-state index < -0.39 is 0 Å². The molecule has 148 valence electrons. The van der Waals surface area contributed by atoms with E-state index in [1.165, 1.54) is 5.56 Å². The monoisotopic (exact) mass is 491 g/mol. The maximum absolute atomic E-state index is 12.0. The second-order valence-corrected chi connectivity index (χ2v) is 8.11. The second kappa shape index (κ2) is 12.7. The summed E-state index contributed by atoms with van der Waals surface area (Å²) >= 11 is 7.11. The Morgan fingerprint density at radius 3 is 2.62 bits per heavy atom. The van der Waals surface area contributed by atoms with E-state index in [1.807, 2.05) is 13.1 Å². The fourth-order valence-corrected chi connectivity index (χ4v) is 4.08. The molecule has 2 N–H and O–H groups in total. The van der Waals surface area contributed by atoms with Gasteiger partial charge in [-0.15, -0.1) is 0 Å². The standard InChI is InChI=1S/C19H31Br2N3O2/c1-5-7-17(22-2)19(25)23-9-6-10-24(3)11-8-14-12-18(26-4)16(21)13-15(14)20/h12-13,17,22H,5-11H2,1-4H3,(H,23,25). The van der Waals surface area contributed by atoms with Crippen LogP contribution in [0.4, 0.5) is 0 Å². The molecule has 1 aromatic carbocycles. The van der Waals surface area contributed by atoms with Gasteiger partial charge in [-0.2, -0.15) is 0 Å². The van der Waals surface area contributed by atoms with E-state index in [1.54, 1.807) is 7.11 Å².